The highest BCUT2D eigenvalue weighted by molar-refractivity contribution is 5.35. The molecule has 0 bridgehead atoms. The maximum absolute atomic E-state index is 10.5. The van der Waals surface area contributed by atoms with Crippen LogP contribution in [0.3, 0.4) is 0 Å². The first-order valence-electron chi connectivity index (χ1n) is 7.20. The fourth-order valence-electron chi connectivity index (χ4n) is 2.63. The van der Waals surface area contributed by atoms with E-state index in [1.54, 1.807) is 0 Å². The first-order chi connectivity index (χ1) is 9.69. The Morgan fingerprint density at radius 3 is 1.40 bits per heavy atom. The van der Waals surface area contributed by atoms with E-state index in [0.717, 1.165) is 35.1 Å². The van der Waals surface area contributed by atoms with E-state index >= 15 is 0 Å². The highest BCUT2D eigenvalue weighted by Crippen LogP contribution is 2.32. The van der Waals surface area contributed by atoms with Gasteiger partial charge in [-0.3, -0.25) is 0 Å². The number of aliphatic hydroxyl groups excluding tert-OH is 2. The Morgan fingerprint density at radius 1 is 0.700 bits per heavy atom. The van der Waals surface area contributed by atoms with Crippen LogP contribution in [0.1, 0.15) is 48.3 Å². The Hall–Kier alpha value is -1.64. The molecule has 0 heterocycles. The Morgan fingerprint density at radius 2 is 1.05 bits per heavy atom. The Bertz CT molecular complexity index is 511. The minimum absolute atomic E-state index is 0.813. The van der Waals surface area contributed by atoms with Crippen molar-refractivity contribution in [2.45, 2.75) is 38.9 Å². The van der Waals surface area contributed by atoms with Crippen molar-refractivity contribution >= 4 is 0 Å². The second-order valence-corrected chi connectivity index (χ2v) is 4.99. The summed E-state index contributed by atoms with van der Waals surface area (Å²) in [5, 5.41) is 21.0. The first kappa shape index (κ1) is 14.8. The molecular formula is C18H22O2. The van der Waals surface area contributed by atoms with Crippen molar-refractivity contribution in [3.8, 4) is 0 Å². The number of aryl methyl sites for hydroxylation is 2. The summed E-state index contributed by atoms with van der Waals surface area (Å²) in [7, 11) is 0. The molecule has 0 saturated heterocycles. The summed E-state index contributed by atoms with van der Waals surface area (Å²) in [6.07, 6.45) is -0.0946. The standard InChI is InChI=1S/C18H22O2/c1-3-13-9-5-7-11-15(13)17(19)18(20)16-12-8-6-10-14(16)4-2/h5-12,17-20H,3-4H2,1-2H3/t17-,18-/m0/s1. The van der Waals surface area contributed by atoms with Crippen LogP contribution in [0, 0.1) is 0 Å². The Labute approximate surface area is 120 Å². The molecule has 0 unspecified atom stereocenters. The minimum Gasteiger partial charge on any atom is -0.385 e. The van der Waals surface area contributed by atoms with Crippen LogP contribution in [0.25, 0.3) is 0 Å². The molecule has 2 heteroatoms. The van der Waals surface area contributed by atoms with Crippen molar-refractivity contribution in [2.24, 2.45) is 0 Å². The van der Waals surface area contributed by atoms with Crippen LogP contribution >= 0.6 is 0 Å². The van der Waals surface area contributed by atoms with Crippen LogP contribution in [0.4, 0.5) is 0 Å². The third-order valence-electron chi connectivity index (χ3n) is 3.81. The van der Waals surface area contributed by atoms with Crippen molar-refractivity contribution in [3.05, 3.63) is 70.8 Å². The molecule has 2 nitrogen and oxygen atoms in total. The third kappa shape index (κ3) is 2.92. The van der Waals surface area contributed by atoms with E-state index in [-0.39, 0.29) is 0 Å². The van der Waals surface area contributed by atoms with Crippen LogP contribution in [0.5, 0.6) is 0 Å². The SMILES string of the molecule is CCc1ccccc1[C@H](O)[C@@H](O)c1ccccc1CC. The molecular weight excluding hydrogens is 248 g/mol. The van der Waals surface area contributed by atoms with Crippen LogP contribution in [-0.4, -0.2) is 10.2 Å². The van der Waals surface area contributed by atoms with Gasteiger partial charge in [-0.15, -0.1) is 0 Å². The predicted molar refractivity (Wildman–Crippen MR) is 81.6 cm³/mol. The Balaban J connectivity index is 2.35. The number of aliphatic hydroxyl groups is 2. The molecule has 0 aliphatic rings. The van der Waals surface area contributed by atoms with E-state index in [2.05, 4.69) is 13.8 Å². The molecule has 2 N–H and O–H groups in total. The molecule has 0 aliphatic heterocycles. The van der Waals surface area contributed by atoms with Gasteiger partial charge in [-0.25, -0.2) is 0 Å². The van der Waals surface area contributed by atoms with Crippen molar-refractivity contribution in [2.75, 3.05) is 0 Å². The fraction of sp³-hybridized carbons (Fsp3) is 0.333. The molecule has 0 aromatic heterocycles. The quantitative estimate of drug-likeness (QED) is 0.872. The monoisotopic (exact) mass is 270 g/mol. The molecule has 0 aliphatic carbocycles. The van der Waals surface area contributed by atoms with E-state index in [1.165, 1.54) is 0 Å². The lowest BCUT2D eigenvalue weighted by molar-refractivity contribution is 0.0162. The van der Waals surface area contributed by atoms with Gasteiger partial charge in [0, 0.05) is 0 Å². The van der Waals surface area contributed by atoms with Crippen molar-refractivity contribution in [1.29, 1.82) is 0 Å². The third-order valence-corrected chi connectivity index (χ3v) is 3.81. The van der Waals surface area contributed by atoms with Crippen LogP contribution in [0.2, 0.25) is 0 Å². The van der Waals surface area contributed by atoms with Gasteiger partial charge in [-0.2, -0.15) is 0 Å². The van der Waals surface area contributed by atoms with Gasteiger partial charge in [0.15, 0.2) is 0 Å². The van der Waals surface area contributed by atoms with Crippen molar-refractivity contribution in [1.82, 2.24) is 0 Å². The van der Waals surface area contributed by atoms with E-state index in [9.17, 15) is 10.2 Å². The first-order valence-corrected chi connectivity index (χ1v) is 7.20. The van der Waals surface area contributed by atoms with Gasteiger partial charge < -0.3 is 10.2 Å². The lowest BCUT2D eigenvalue weighted by Crippen LogP contribution is -2.13. The minimum atomic E-state index is -0.890. The van der Waals surface area contributed by atoms with Gasteiger partial charge in [-0.05, 0) is 35.1 Å². The molecule has 2 aromatic rings. The summed E-state index contributed by atoms with van der Waals surface area (Å²) in [6.45, 7) is 4.11. The summed E-state index contributed by atoms with van der Waals surface area (Å²) >= 11 is 0. The molecule has 0 saturated carbocycles. The molecule has 106 valence electrons. The predicted octanol–water partition coefficient (Wildman–Crippen LogP) is 3.58. The summed E-state index contributed by atoms with van der Waals surface area (Å²) in [5.74, 6) is 0. The largest absolute Gasteiger partial charge is 0.385 e. The number of benzene rings is 2. The van der Waals surface area contributed by atoms with Gasteiger partial charge in [-0.1, -0.05) is 62.4 Å². The lowest BCUT2D eigenvalue weighted by atomic mass is 9.91. The molecule has 0 radical (unpaired) electrons. The fourth-order valence-corrected chi connectivity index (χ4v) is 2.63. The zero-order chi connectivity index (χ0) is 14.5. The average molecular weight is 270 g/mol. The maximum Gasteiger partial charge on any atom is 0.109 e. The second-order valence-electron chi connectivity index (χ2n) is 4.99. The molecule has 0 amide bonds. The van der Waals surface area contributed by atoms with Gasteiger partial charge in [0.1, 0.15) is 12.2 Å². The lowest BCUT2D eigenvalue weighted by Gasteiger charge is -2.22. The van der Waals surface area contributed by atoms with Gasteiger partial charge in [0.25, 0.3) is 0 Å². The van der Waals surface area contributed by atoms with Gasteiger partial charge >= 0.3 is 0 Å². The summed E-state index contributed by atoms with van der Waals surface area (Å²) < 4.78 is 0. The van der Waals surface area contributed by atoms with Crippen LogP contribution in [-0.2, 0) is 12.8 Å². The summed E-state index contributed by atoms with van der Waals surface area (Å²) in [5.41, 5.74) is 3.78. The van der Waals surface area contributed by atoms with Crippen LogP contribution < -0.4 is 0 Å². The molecule has 2 atom stereocenters. The van der Waals surface area contributed by atoms with E-state index < -0.39 is 12.2 Å². The molecule has 20 heavy (non-hydrogen) atoms. The normalized spacial score (nSPS) is 14.0. The second kappa shape index (κ2) is 6.69. The average Bonchev–Trinajstić information content (AvgIpc) is 2.53. The molecule has 2 aromatic carbocycles. The van der Waals surface area contributed by atoms with Gasteiger partial charge in [0.2, 0.25) is 0 Å². The zero-order valence-corrected chi connectivity index (χ0v) is 12.1. The van der Waals surface area contributed by atoms with E-state index in [4.69, 9.17) is 0 Å². The number of hydrogen-bond donors (Lipinski definition) is 2. The highest BCUT2D eigenvalue weighted by atomic mass is 16.3. The number of hydrogen-bond acceptors (Lipinski definition) is 2. The van der Waals surface area contributed by atoms with Gasteiger partial charge in [0.05, 0.1) is 0 Å². The Kier molecular flexibility index (Phi) is 4.94. The molecule has 2 rings (SSSR count). The van der Waals surface area contributed by atoms with Crippen molar-refractivity contribution in [3.63, 3.8) is 0 Å². The molecule has 0 fully saturated rings. The smallest absolute Gasteiger partial charge is 0.109 e. The zero-order valence-electron chi connectivity index (χ0n) is 12.1. The topological polar surface area (TPSA) is 40.5 Å². The van der Waals surface area contributed by atoms with E-state index in [0.29, 0.717) is 0 Å². The van der Waals surface area contributed by atoms with Crippen LogP contribution in [0.15, 0.2) is 48.5 Å². The summed E-state index contributed by atoms with van der Waals surface area (Å²) in [4.78, 5) is 0. The number of rotatable bonds is 5. The molecule has 0 spiro atoms. The summed E-state index contributed by atoms with van der Waals surface area (Å²) in [6, 6.07) is 15.5. The van der Waals surface area contributed by atoms with E-state index in [1.807, 2.05) is 48.5 Å². The highest BCUT2D eigenvalue weighted by Gasteiger charge is 2.23. The maximum atomic E-state index is 10.5. The van der Waals surface area contributed by atoms with Crippen molar-refractivity contribution < 1.29 is 10.2 Å².